The molecule has 0 radical (unpaired) electrons. The lowest BCUT2D eigenvalue weighted by Gasteiger charge is -2.20. The number of aryl methyl sites for hydroxylation is 1. The van der Waals surface area contributed by atoms with Crippen molar-refractivity contribution in [2.24, 2.45) is 0 Å². The fourth-order valence-corrected chi connectivity index (χ4v) is 2.39. The third-order valence-corrected chi connectivity index (χ3v) is 3.99. The van der Waals surface area contributed by atoms with Crippen LogP contribution in [-0.4, -0.2) is 12.0 Å². The minimum atomic E-state index is 0.760. The molecule has 94 valence electrons. The Labute approximate surface area is 121 Å². The number of anilines is 1. The summed E-state index contributed by atoms with van der Waals surface area (Å²) in [6.07, 6.45) is 1.83. The van der Waals surface area contributed by atoms with Gasteiger partial charge in [0.15, 0.2) is 0 Å². The van der Waals surface area contributed by atoms with Crippen LogP contribution in [0.4, 0.5) is 5.82 Å². The van der Waals surface area contributed by atoms with Gasteiger partial charge in [0, 0.05) is 24.8 Å². The summed E-state index contributed by atoms with van der Waals surface area (Å²) in [4.78, 5) is 6.52. The van der Waals surface area contributed by atoms with E-state index in [1.165, 1.54) is 11.1 Å². The molecule has 0 aliphatic heterocycles. The van der Waals surface area contributed by atoms with E-state index in [2.05, 4.69) is 32.7 Å². The number of nitrogens with zero attached hydrogens (tertiary/aromatic N) is 2. The van der Waals surface area contributed by atoms with Crippen LogP contribution < -0.4 is 4.90 Å². The van der Waals surface area contributed by atoms with Crippen LogP contribution in [0.2, 0.25) is 5.02 Å². The zero-order valence-electron chi connectivity index (χ0n) is 10.3. The Morgan fingerprint density at radius 3 is 2.56 bits per heavy atom. The van der Waals surface area contributed by atoms with Crippen molar-refractivity contribution in [2.45, 2.75) is 13.5 Å². The summed E-state index contributed by atoms with van der Waals surface area (Å²) in [5.41, 5.74) is 2.39. The maximum absolute atomic E-state index is 5.88. The highest BCUT2D eigenvalue weighted by atomic mass is 79.9. The molecule has 2 nitrogen and oxygen atoms in total. The average molecular weight is 326 g/mol. The van der Waals surface area contributed by atoms with Crippen molar-refractivity contribution in [1.29, 1.82) is 0 Å². The summed E-state index contributed by atoms with van der Waals surface area (Å²) in [5.74, 6) is 0.949. The Kier molecular flexibility index (Phi) is 4.25. The largest absolute Gasteiger partial charge is 0.354 e. The fourth-order valence-electron chi connectivity index (χ4n) is 1.73. The van der Waals surface area contributed by atoms with Crippen LogP contribution in [0.5, 0.6) is 0 Å². The highest BCUT2D eigenvalue weighted by Crippen LogP contribution is 2.27. The van der Waals surface area contributed by atoms with Crippen LogP contribution in [0.1, 0.15) is 11.1 Å². The maximum Gasteiger partial charge on any atom is 0.143 e. The monoisotopic (exact) mass is 324 g/mol. The first-order valence-electron chi connectivity index (χ1n) is 5.64. The maximum atomic E-state index is 5.88. The van der Waals surface area contributed by atoms with Gasteiger partial charge < -0.3 is 4.90 Å². The van der Waals surface area contributed by atoms with Crippen LogP contribution >= 0.6 is 27.5 Å². The first-order chi connectivity index (χ1) is 8.58. The molecule has 0 fully saturated rings. The molecular weight excluding hydrogens is 312 g/mol. The van der Waals surface area contributed by atoms with Gasteiger partial charge in [-0.25, -0.2) is 4.98 Å². The van der Waals surface area contributed by atoms with Crippen molar-refractivity contribution >= 4 is 33.3 Å². The van der Waals surface area contributed by atoms with Crippen molar-refractivity contribution < 1.29 is 0 Å². The van der Waals surface area contributed by atoms with Gasteiger partial charge in [0.25, 0.3) is 0 Å². The molecular formula is C14H14BrClN2. The van der Waals surface area contributed by atoms with Crippen molar-refractivity contribution in [3.05, 3.63) is 57.2 Å². The minimum absolute atomic E-state index is 0.760. The lowest BCUT2D eigenvalue weighted by atomic mass is 10.2. The summed E-state index contributed by atoms with van der Waals surface area (Å²) >= 11 is 9.46. The molecule has 0 saturated carbocycles. The molecule has 1 aromatic heterocycles. The summed E-state index contributed by atoms with van der Waals surface area (Å²) in [6.45, 7) is 2.86. The van der Waals surface area contributed by atoms with Crippen molar-refractivity contribution in [1.82, 2.24) is 4.98 Å². The van der Waals surface area contributed by atoms with Gasteiger partial charge in [-0.05, 0) is 52.2 Å². The molecule has 2 rings (SSSR count). The van der Waals surface area contributed by atoms with E-state index in [1.807, 2.05) is 43.6 Å². The van der Waals surface area contributed by atoms with E-state index in [4.69, 9.17) is 11.6 Å². The molecule has 0 atom stereocenters. The summed E-state index contributed by atoms with van der Waals surface area (Å²) in [6, 6.07) is 9.86. The average Bonchev–Trinajstić information content (AvgIpc) is 2.35. The van der Waals surface area contributed by atoms with Crippen molar-refractivity contribution in [3.63, 3.8) is 0 Å². The van der Waals surface area contributed by atoms with Gasteiger partial charge in [-0.3, -0.25) is 0 Å². The van der Waals surface area contributed by atoms with Gasteiger partial charge in [-0.15, -0.1) is 0 Å². The smallest absolute Gasteiger partial charge is 0.143 e. The molecule has 0 unspecified atom stereocenters. The molecule has 4 heteroatoms. The molecule has 2 aromatic rings. The lowest BCUT2D eigenvalue weighted by molar-refractivity contribution is 0.892. The Hall–Kier alpha value is -1.06. The second kappa shape index (κ2) is 5.72. The van der Waals surface area contributed by atoms with Crippen LogP contribution in [0.25, 0.3) is 0 Å². The van der Waals surface area contributed by atoms with E-state index in [-0.39, 0.29) is 0 Å². The summed E-state index contributed by atoms with van der Waals surface area (Å²) < 4.78 is 1.04. The number of pyridine rings is 1. The van der Waals surface area contributed by atoms with Crippen LogP contribution in [-0.2, 0) is 6.54 Å². The third kappa shape index (κ3) is 3.03. The van der Waals surface area contributed by atoms with Gasteiger partial charge in [0.05, 0.1) is 4.47 Å². The molecule has 0 saturated heterocycles. The number of halogens is 2. The minimum Gasteiger partial charge on any atom is -0.354 e. The highest BCUT2D eigenvalue weighted by molar-refractivity contribution is 9.10. The second-order valence-corrected chi connectivity index (χ2v) is 5.48. The topological polar surface area (TPSA) is 16.1 Å². The molecule has 0 bridgehead atoms. The van der Waals surface area contributed by atoms with Gasteiger partial charge in [0.1, 0.15) is 5.82 Å². The highest BCUT2D eigenvalue weighted by Gasteiger charge is 2.09. The zero-order chi connectivity index (χ0) is 13.1. The SMILES string of the molecule is Cc1ccnc(N(C)Cc2ccc(Cl)cc2)c1Br. The van der Waals surface area contributed by atoms with E-state index < -0.39 is 0 Å². The van der Waals surface area contributed by atoms with E-state index in [9.17, 15) is 0 Å². The van der Waals surface area contributed by atoms with Crippen LogP contribution in [0.15, 0.2) is 41.0 Å². The molecule has 18 heavy (non-hydrogen) atoms. The Morgan fingerprint density at radius 1 is 1.22 bits per heavy atom. The fraction of sp³-hybridized carbons (Fsp3) is 0.214. The Bertz CT molecular complexity index is 540. The Morgan fingerprint density at radius 2 is 1.89 bits per heavy atom. The first-order valence-corrected chi connectivity index (χ1v) is 6.81. The standard InChI is InChI=1S/C14H14BrClN2/c1-10-7-8-17-14(13(10)15)18(2)9-11-3-5-12(16)6-4-11/h3-8H,9H2,1-2H3. The number of hydrogen-bond donors (Lipinski definition) is 0. The predicted molar refractivity (Wildman–Crippen MR) is 80.2 cm³/mol. The lowest BCUT2D eigenvalue weighted by Crippen LogP contribution is -2.18. The molecule has 0 aliphatic carbocycles. The van der Waals surface area contributed by atoms with Gasteiger partial charge in [-0.2, -0.15) is 0 Å². The molecule has 0 spiro atoms. The predicted octanol–water partition coefficient (Wildman–Crippen LogP) is 4.44. The van der Waals surface area contributed by atoms with Crippen molar-refractivity contribution in [3.8, 4) is 0 Å². The molecule has 0 amide bonds. The summed E-state index contributed by atoms with van der Waals surface area (Å²) in [5, 5.41) is 0.760. The van der Waals surface area contributed by atoms with Gasteiger partial charge >= 0.3 is 0 Å². The number of hydrogen-bond acceptors (Lipinski definition) is 2. The number of aromatic nitrogens is 1. The van der Waals surface area contributed by atoms with E-state index in [0.29, 0.717) is 0 Å². The number of rotatable bonds is 3. The van der Waals surface area contributed by atoms with E-state index in [0.717, 1.165) is 21.9 Å². The first kappa shape index (κ1) is 13.4. The third-order valence-electron chi connectivity index (χ3n) is 2.76. The van der Waals surface area contributed by atoms with Crippen LogP contribution in [0.3, 0.4) is 0 Å². The van der Waals surface area contributed by atoms with Crippen LogP contribution in [0, 0.1) is 6.92 Å². The van der Waals surface area contributed by atoms with Crippen molar-refractivity contribution in [2.75, 3.05) is 11.9 Å². The molecule has 1 aromatic carbocycles. The van der Waals surface area contributed by atoms with E-state index >= 15 is 0 Å². The Balaban J connectivity index is 2.19. The normalized spacial score (nSPS) is 10.4. The molecule has 1 heterocycles. The summed E-state index contributed by atoms with van der Waals surface area (Å²) in [7, 11) is 2.03. The van der Waals surface area contributed by atoms with Gasteiger partial charge in [-0.1, -0.05) is 23.7 Å². The van der Waals surface area contributed by atoms with E-state index in [1.54, 1.807) is 0 Å². The number of benzene rings is 1. The quantitative estimate of drug-likeness (QED) is 0.829. The van der Waals surface area contributed by atoms with Gasteiger partial charge in [0.2, 0.25) is 0 Å². The zero-order valence-corrected chi connectivity index (χ0v) is 12.7. The second-order valence-electron chi connectivity index (χ2n) is 4.25. The molecule has 0 N–H and O–H groups in total. The molecule has 0 aliphatic rings.